The van der Waals surface area contributed by atoms with E-state index in [9.17, 15) is 9.59 Å². The van der Waals surface area contributed by atoms with Crippen molar-refractivity contribution in [2.75, 3.05) is 0 Å². The normalized spacial score (nSPS) is 17.9. The first-order chi connectivity index (χ1) is 11.1. The minimum Gasteiger partial charge on any atom is -0.457 e. The van der Waals surface area contributed by atoms with E-state index in [-0.39, 0.29) is 11.9 Å². The van der Waals surface area contributed by atoms with Crippen molar-refractivity contribution in [3.63, 3.8) is 0 Å². The van der Waals surface area contributed by atoms with E-state index < -0.39 is 0 Å². The van der Waals surface area contributed by atoms with Crippen LogP contribution in [0.15, 0.2) is 36.0 Å². The molecule has 3 heterocycles. The smallest absolute Gasteiger partial charge is 0.338 e. The van der Waals surface area contributed by atoms with Gasteiger partial charge in [-0.2, -0.15) is 0 Å². The lowest BCUT2D eigenvalue weighted by atomic mass is 10.0. The molecule has 6 nitrogen and oxygen atoms in total. The fourth-order valence-corrected chi connectivity index (χ4v) is 2.81. The molecule has 114 valence electrons. The van der Waals surface area contributed by atoms with Gasteiger partial charge in [0.2, 0.25) is 0 Å². The Labute approximate surface area is 136 Å². The van der Waals surface area contributed by atoms with Gasteiger partial charge in [-0.05, 0) is 48.1 Å². The first-order valence-corrected chi connectivity index (χ1v) is 7.34. The maximum absolute atomic E-state index is 11.6. The number of hydrogen-bond donors (Lipinski definition) is 3. The van der Waals surface area contributed by atoms with E-state index in [1.54, 1.807) is 12.1 Å². The minimum absolute atomic E-state index is 0.251. The SMILES string of the molecule is O=C1NC(=S)NC1=Cc1ccc(-c2ccc3c(c2)COC3=O)[nH]1. The number of nitrogens with one attached hydrogen (secondary N) is 3. The molecule has 1 saturated heterocycles. The van der Waals surface area contributed by atoms with E-state index in [0.29, 0.717) is 23.0 Å². The van der Waals surface area contributed by atoms with E-state index >= 15 is 0 Å². The predicted molar refractivity (Wildman–Crippen MR) is 87.2 cm³/mol. The lowest BCUT2D eigenvalue weighted by Gasteiger charge is -2.00. The first kappa shape index (κ1) is 13.7. The molecular formula is C16H11N3O3S. The number of H-pyrrole nitrogens is 1. The van der Waals surface area contributed by atoms with E-state index in [0.717, 1.165) is 22.5 Å². The van der Waals surface area contributed by atoms with Gasteiger partial charge in [-0.15, -0.1) is 0 Å². The number of benzene rings is 1. The van der Waals surface area contributed by atoms with Gasteiger partial charge in [0.05, 0.1) is 5.56 Å². The molecule has 1 aromatic carbocycles. The summed E-state index contributed by atoms with van der Waals surface area (Å²) in [5, 5.41) is 5.61. The molecular weight excluding hydrogens is 314 g/mol. The van der Waals surface area contributed by atoms with Gasteiger partial charge >= 0.3 is 5.97 Å². The number of aromatic nitrogens is 1. The molecule has 0 spiro atoms. The number of carbonyl (C=O) groups excluding carboxylic acids is 2. The summed E-state index contributed by atoms with van der Waals surface area (Å²) in [6.07, 6.45) is 1.69. The Balaban J connectivity index is 1.64. The Kier molecular flexibility index (Phi) is 3.02. The van der Waals surface area contributed by atoms with Crippen LogP contribution in [0, 0.1) is 0 Å². The summed E-state index contributed by atoms with van der Waals surface area (Å²) in [7, 11) is 0. The Morgan fingerprint density at radius 3 is 2.78 bits per heavy atom. The van der Waals surface area contributed by atoms with Crippen molar-refractivity contribution in [3.8, 4) is 11.3 Å². The number of carbonyl (C=O) groups is 2. The van der Waals surface area contributed by atoms with Crippen LogP contribution < -0.4 is 10.6 Å². The lowest BCUT2D eigenvalue weighted by molar-refractivity contribution is -0.115. The summed E-state index contributed by atoms with van der Waals surface area (Å²) >= 11 is 4.89. The summed E-state index contributed by atoms with van der Waals surface area (Å²) in [6.45, 7) is 0.307. The molecule has 0 atom stereocenters. The highest BCUT2D eigenvalue weighted by molar-refractivity contribution is 7.80. The summed E-state index contributed by atoms with van der Waals surface area (Å²) in [4.78, 5) is 26.3. The Morgan fingerprint density at radius 2 is 2.00 bits per heavy atom. The molecule has 1 fully saturated rings. The molecule has 0 unspecified atom stereocenters. The molecule has 23 heavy (non-hydrogen) atoms. The third-order valence-electron chi connectivity index (χ3n) is 3.72. The molecule has 0 bridgehead atoms. The minimum atomic E-state index is -0.280. The summed E-state index contributed by atoms with van der Waals surface area (Å²) < 4.78 is 5.01. The third-order valence-corrected chi connectivity index (χ3v) is 3.93. The third kappa shape index (κ3) is 2.40. The number of aromatic amines is 1. The van der Waals surface area contributed by atoms with Gasteiger partial charge in [-0.3, -0.25) is 10.1 Å². The second kappa shape index (κ2) is 5.06. The van der Waals surface area contributed by atoms with Crippen molar-refractivity contribution >= 4 is 35.3 Å². The van der Waals surface area contributed by atoms with Gasteiger partial charge in [-0.1, -0.05) is 6.07 Å². The predicted octanol–water partition coefficient (Wildman–Crippen LogP) is 1.70. The number of amides is 1. The van der Waals surface area contributed by atoms with Gasteiger partial charge in [0.15, 0.2) is 5.11 Å². The monoisotopic (exact) mass is 325 g/mol. The number of rotatable bonds is 2. The van der Waals surface area contributed by atoms with Crippen molar-refractivity contribution in [2.24, 2.45) is 0 Å². The van der Waals surface area contributed by atoms with Gasteiger partial charge in [-0.25, -0.2) is 4.79 Å². The maximum Gasteiger partial charge on any atom is 0.338 e. The quantitative estimate of drug-likeness (QED) is 0.445. The van der Waals surface area contributed by atoms with E-state index in [1.165, 1.54) is 0 Å². The van der Waals surface area contributed by atoms with Gasteiger partial charge in [0.1, 0.15) is 12.3 Å². The number of ether oxygens (including phenoxy) is 1. The molecule has 0 saturated carbocycles. The summed E-state index contributed by atoms with van der Waals surface area (Å²) in [5.41, 5.74) is 4.50. The molecule has 0 radical (unpaired) electrons. The molecule has 1 aromatic heterocycles. The van der Waals surface area contributed by atoms with Crippen molar-refractivity contribution in [3.05, 3.63) is 52.8 Å². The van der Waals surface area contributed by atoms with Crippen LogP contribution in [-0.4, -0.2) is 22.0 Å². The van der Waals surface area contributed by atoms with E-state index in [4.69, 9.17) is 17.0 Å². The van der Waals surface area contributed by atoms with E-state index in [1.807, 2.05) is 24.3 Å². The maximum atomic E-state index is 11.6. The number of esters is 1. The molecule has 2 aliphatic rings. The van der Waals surface area contributed by atoms with Crippen LogP contribution in [0.2, 0.25) is 0 Å². The van der Waals surface area contributed by atoms with Gasteiger partial charge in [0, 0.05) is 17.0 Å². The van der Waals surface area contributed by atoms with Crippen molar-refractivity contribution in [1.29, 1.82) is 0 Å². The topological polar surface area (TPSA) is 83.2 Å². The number of thiocarbonyl (C=S) groups is 1. The molecule has 3 N–H and O–H groups in total. The van der Waals surface area contributed by atoms with Crippen LogP contribution in [0.3, 0.4) is 0 Å². The number of hydrogen-bond acceptors (Lipinski definition) is 4. The van der Waals surface area contributed by atoms with Crippen molar-refractivity contribution in [2.45, 2.75) is 6.61 Å². The average Bonchev–Trinajstić information content (AvgIpc) is 3.21. The molecule has 0 aliphatic carbocycles. The zero-order valence-electron chi connectivity index (χ0n) is 11.8. The van der Waals surface area contributed by atoms with Gasteiger partial charge < -0.3 is 15.0 Å². The standard InChI is InChI=1S/C16H11N3O3S/c20-14-13(18-16(23)19-14)6-10-2-4-12(17-10)8-1-3-11-9(5-8)7-22-15(11)21/h1-6,17H,7H2,(H2,18,19,20,23). The van der Waals surface area contributed by atoms with Crippen molar-refractivity contribution in [1.82, 2.24) is 15.6 Å². The Morgan fingerprint density at radius 1 is 1.13 bits per heavy atom. The Hall–Kier alpha value is -2.93. The second-order valence-electron chi connectivity index (χ2n) is 5.24. The molecule has 1 amide bonds. The number of fused-ring (bicyclic) bond motifs is 1. The second-order valence-corrected chi connectivity index (χ2v) is 5.65. The van der Waals surface area contributed by atoms with Crippen LogP contribution in [-0.2, 0) is 16.1 Å². The van der Waals surface area contributed by atoms with Crippen LogP contribution in [0.4, 0.5) is 0 Å². The highest BCUT2D eigenvalue weighted by atomic mass is 32.1. The molecule has 7 heteroatoms. The highest BCUT2D eigenvalue weighted by Crippen LogP contribution is 2.27. The fraction of sp³-hybridized carbons (Fsp3) is 0.0625. The summed E-state index contributed by atoms with van der Waals surface area (Å²) in [5.74, 6) is -0.530. The molecule has 2 aliphatic heterocycles. The number of cyclic esters (lactones) is 1. The summed E-state index contributed by atoms with van der Waals surface area (Å²) in [6, 6.07) is 9.34. The van der Waals surface area contributed by atoms with Crippen LogP contribution in [0.1, 0.15) is 21.6 Å². The largest absolute Gasteiger partial charge is 0.457 e. The Bertz CT molecular complexity index is 898. The average molecular weight is 325 g/mol. The van der Waals surface area contributed by atoms with Crippen LogP contribution in [0.5, 0.6) is 0 Å². The zero-order valence-corrected chi connectivity index (χ0v) is 12.6. The first-order valence-electron chi connectivity index (χ1n) is 6.93. The van der Waals surface area contributed by atoms with Crippen molar-refractivity contribution < 1.29 is 14.3 Å². The van der Waals surface area contributed by atoms with Crippen LogP contribution in [0.25, 0.3) is 17.3 Å². The zero-order chi connectivity index (χ0) is 16.0. The molecule has 2 aromatic rings. The highest BCUT2D eigenvalue weighted by Gasteiger charge is 2.22. The molecule has 4 rings (SSSR count). The van der Waals surface area contributed by atoms with Crippen LogP contribution >= 0.6 is 12.2 Å². The fourth-order valence-electron chi connectivity index (χ4n) is 2.60. The lowest BCUT2D eigenvalue weighted by Crippen LogP contribution is -2.21. The van der Waals surface area contributed by atoms with Gasteiger partial charge in [0.25, 0.3) is 5.91 Å². The van der Waals surface area contributed by atoms with E-state index in [2.05, 4.69) is 15.6 Å².